The zero-order valence-corrected chi connectivity index (χ0v) is 14.1. The number of hydrogen-bond acceptors (Lipinski definition) is 5. The van der Waals surface area contributed by atoms with Crippen LogP contribution in [0.3, 0.4) is 0 Å². The summed E-state index contributed by atoms with van der Waals surface area (Å²) in [6.45, 7) is 0.0772. The van der Waals surface area contributed by atoms with Crippen molar-refractivity contribution in [2.75, 3.05) is 6.61 Å². The van der Waals surface area contributed by atoms with Crippen LogP contribution in [-0.4, -0.2) is 16.5 Å². The van der Waals surface area contributed by atoms with Crippen molar-refractivity contribution in [3.63, 3.8) is 0 Å². The first-order chi connectivity index (χ1) is 13.0. The van der Waals surface area contributed by atoms with Crippen molar-refractivity contribution in [2.45, 2.75) is 0 Å². The van der Waals surface area contributed by atoms with Crippen molar-refractivity contribution in [1.29, 1.82) is 0 Å². The molecule has 3 rings (SSSR count). The lowest BCUT2D eigenvalue weighted by atomic mass is 9.97. The third-order valence-electron chi connectivity index (χ3n) is 3.91. The van der Waals surface area contributed by atoms with Gasteiger partial charge in [-0.3, -0.25) is 20.2 Å². The predicted molar refractivity (Wildman–Crippen MR) is 100 cm³/mol. The second-order valence-corrected chi connectivity index (χ2v) is 5.71. The number of allylic oxidation sites excluding steroid dienone is 5. The molecule has 7 heteroatoms. The molecule has 0 amide bonds. The number of hydrogen-bond donors (Lipinski definition) is 0. The van der Waals surface area contributed by atoms with Gasteiger partial charge in [-0.25, -0.2) is 0 Å². The molecule has 0 unspecified atom stereocenters. The van der Waals surface area contributed by atoms with E-state index in [1.807, 2.05) is 60.7 Å². The standard InChI is InChI=1S/C20H15N2O5/c23-21(24)18-10-11-20(19(13-18)22(25)26)27-14-17(12-15-6-4-5-7-15)16-8-2-1-3-9-16/h1-13H,14H2/q-1. The Kier molecular flexibility index (Phi) is 5.32. The van der Waals surface area contributed by atoms with E-state index >= 15 is 0 Å². The lowest BCUT2D eigenvalue weighted by Gasteiger charge is -2.22. The van der Waals surface area contributed by atoms with Crippen LogP contribution < -0.4 is 4.74 Å². The maximum absolute atomic E-state index is 11.3. The molecule has 2 aromatic rings. The molecule has 136 valence electrons. The molecule has 0 aromatic heterocycles. The molecule has 1 aliphatic rings. The van der Waals surface area contributed by atoms with Crippen LogP contribution in [0.15, 0.2) is 84.5 Å². The molecular weight excluding hydrogens is 348 g/mol. The first kappa shape index (κ1) is 17.9. The number of non-ortho nitro benzene ring substituents is 1. The Bertz CT molecular complexity index is 934. The van der Waals surface area contributed by atoms with E-state index in [1.165, 1.54) is 12.1 Å². The SMILES string of the molecule is O=[N+]([O-])c1ccc(OC[C-](C=C2C=CC=C2)c2ccccc2)c([N+](=O)[O-])c1. The predicted octanol–water partition coefficient (Wildman–Crippen LogP) is 4.56. The van der Waals surface area contributed by atoms with Gasteiger partial charge in [0.05, 0.1) is 22.5 Å². The molecule has 0 heterocycles. The highest BCUT2D eigenvalue weighted by molar-refractivity contribution is 5.54. The van der Waals surface area contributed by atoms with Gasteiger partial charge in [0, 0.05) is 6.07 Å². The van der Waals surface area contributed by atoms with E-state index in [4.69, 9.17) is 4.74 Å². The molecule has 0 atom stereocenters. The van der Waals surface area contributed by atoms with Gasteiger partial charge in [-0.2, -0.15) is 0 Å². The molecule has 1 aliphatic carbocycles. The summed E-state index contributed by atoms with van der Waals surface area (Å²) >= 11 is 0. The van der Waals surface area contributed by atoms with Gasteiger partial charge in [0.1, 0.15) is 0 Å². The minimum Gasteiger partial charge on any atom is -0.492 e. The highest BCUT2D eigenvalue weighted by Crippen LogP contribution is 2.32. The number of nitro benzene ring substituents is 2. The summed E-state index contributed by atoms with van der Waals surface area (Å²) in [5, 5.41) is 22.1. The van der Waals surface area contributed by atoms with Crippen molar-refractivity contribution in [3.8, 4) is 5.75 Å². The molecule has 0 radical (unpaired) electrons. The molecule has 0 spiro atoms. The monoisotopic (exact) mass is 363 g/mol. The van der Waals surface area contributed by atoms with E-state index in [1.54, 1.807) is 0 Å². The second-order valence-electron chi connectivity index (χ2n) is 5.71. The minimum absolute atomic E-state index is 0.0186. The molecule has 27 heavy (non-hydrogen) atoms. The van der Waals surface area contributed by atoms with Crippen molar-refractivity contribution in [2.24, 2.45) is 0 Å². The summed E-state index contributed by atoms with van der Waals surface area (Å²) < 4.78 is 5.67. The first-order valence-corrected chi connectivity index (χ1v) is 8.08. The van der Waals surface area contributed by atoms with Crippen LogP contribution in [-0.2, 0) is 0 Å². The van der Waals surface area contributed by atoms with Crippen LogP contribution in [0.1, 0.15) is 5.56 Å². The Morgan fingerprint density at radius 3 is 2.30 bits per heavy atom. The Labute approximate surface area is 155 Å². The molecule has 0 N–H and O–H groups in total. The summed E-state index contributed by atoms with van der Waals surface area (Å²) in [7, 11) is 0. The van der Waals surface area contributed by atoms with E-state index in [0.717, 1.165) is 23.1 Å². The fraction of sp³-hybridized carbons (Fsp3) is 0.0500. The summed E-state index contributed by atoms with van der Waals surface area (Å²) in [6.07, 6.45) is 9.65. The number of rotatable bonds is 7. The number of nitrogens with zero attached hydrogens (tertiary/aromatic N) is 2. The summed E-state index contributed by atoms with van der Waals surface area (Å²) in [5.41, 5.74) is 1.11. The maximum Gasteiger partial charge on any atom is 0.317 e. The van der Waals surface area contributed by atoms with Gasteiger partial charge in [0.25, 0.3) is 5.69 Å². The Morgan fingerprint density at radius 1 is 0.963 bits per heavy atom. The van der Waals surface area contributed by atoms with Gasteiger partial charge < -0.3 is 4.74 Å². The largest absolute Gasteiger partial charge is 0.492 e. The van der Waals surface area contributed by atoms with Crippen molar-refractivity contribution in [1.82, 2.24) is 0 Å². The second kappa shape index (κ2) is 8.01. The highest BCUT2D eigenvalue weighted by Gasteiger charge is 2.21. The molecule has 0 saturated carbocycles. The van der Waals surface area contributed by atoms with E-state index in [-0.39, 0.29) is 18.0 Å². The average Bonchev–Trinajstić information content (AvgIpc) is 3.18. The van der Waals surface area contributed by atoms with Gasteiger partial charge in [0.2, 0.25) is 0 Å². The van der Waals surface area contributed by atoms with Crippen LogP contribution in [0.4, 0.5) is 11.4 Å². The van der Waals surface area contributed by atoms with Gasteiger partial charge in [-0.1, -0.05) is 41.9 Å². The maximum atomic E-state index is 11.3. The summed E-state index contributed by atoms with van der Waals surface area (Å²) in [5.74, 6) is 0.810. The Balaban J connectivity index is 1.86. The third kappa shape index (κ3) is 4.40. The topological polar surface area (TPSA) is 95.5 Å². The Morgan fingerprint density at radius 2 is 1.67 bits per heavy atom. The first-order valence-electron chi connectivity index (χ1n) is 8.08. The Hall–Kier alpha value is -3.87. The number of benzene rings is 2. The van der Waals surface area contributed by atoms with Gasteiger partial charge >= 0.3 is 5.69 Å². The zero-order chi connectivity index (χ0) is 19.2. The summed E-state index contributed by atoms with van der Waals surface area (Å²) in [4.78, 5) is 20.7. The average molecular weight is 363 g/mol. The van der Waals surface area contributed by atoms with Gasteiger partial charge in [0.15, 0.2) is 5.75 Å². The van der Waals surface area contributed by atoms with Crippen molar-refractivity contribution in [3.05, 3.63) is 116 Å². The molecule has 7 nitrogen and oxygen atoms in total. The lowest BCUT2D eigenvalue weighted by Crippen LogP contribution is -2.11. The molecule has 0 fully saturated rings. The normalized spacial score (nSPS) is 12.1. The minimum atomic E-state index is -0.689. The molecular formula is C20H15N2O5-. The van der Waals surface area contributed by atoms with E-state index < -0.39 is 15.5 Å². The van der Waals surface area contributed by atoms with Crippen molar-refractivity contribution >= 4 is 11.4 Å². The fourth-order valence-electron chi connectivity index (χ4n) is 2.59. The number of nitro groups is 2. The van der Waals surface area contributed by atoms with E-state index in [0.29, 0.717) is 0 Å². The molecule has 0 saturated heterocycles. The quantitative estimate of drug-likeness (QED) is 0.408. The molecule has 0 aliphatic heterocycles. The third-order valence-corrected chi connectivity index (χ3v) is 3.91. The van der Waals surface area contributed by atoms with Crippen LogP contribution in [0.25, 0.3) is 0 Å². The molecule has 0 bridgehead atoms. The van der Waals surface area contributed by atoms with Crippen LogP contribution >= 0.6 is 0 Å². The summed E-state index contributed by atoms with van der Waals surface area (Å²) in [6, 6.07) is 12.9. The molecule has 2 aromatic carbocycles. The van der Waals surface area contributed by atoms with E-state index in [9.17, 15) is 20.2 Å². The zero-order valence-electron chi connectivity index (χ0n) is 14.1. The van der Waals surface area contributed by atoms with Gasteiger partial charge in [-0.05, 0) is 6.07 Å². The van der Waals surface area contributed by atoms with Crippen LogP contribution in [0.5, 0.6) is 5.75 Å². The van der Waals surface area contributed by atoms with E-state index in [2.05, 4.69) is 0 Å². The lowest BCUT2D eigenvalue weighted by molar-refractivity contribution is -0.394. The fourth-order valence-corrected chi connectivity index (χ4v) is 2.59. The van der Waals surface area contributed by atoms with Gasteiger partial charge in [-0.15, -0.1) is 35.9 Å². The number of ether oxygens (including phenoxy) is 1. The van der Waals surface area contributed by atoms with Crippen LogP contribution in [0, 0.1) is 26.1 Å². The van der Waals surface area contributed by atoms with Crippen molar-refractivity contribution < 1.29 is 14.6 Å². The highest BCUT2D eigenvalue weighted by atomic mass is 16.6. The smallest absolute Gasteiger partial charge is 0.317 e. The van der Waals surface area contributed by atoms with Crippen LogP contribution in [0.2, 0.25) is 0 Å².